The van der Waals surface area contributed by atoms with Crippen LogP contribution in [0.5, 0.6) is 0 Å². The van der Waals surface area contributed by atoms with Gasteiger partial charge < -0.3 is 20.7 Å². The third-order valence-corrected chi connectivity index (χ3v) is 6.16. The highest BCUT2D eigenvalue weighted by molar-refractivity contribution is 5.94. The van der Waals surface area contributed by atoms with Gasteiger partial charge in [-0.25, -0.2) is 0 Å². The minimum absolute atomic E-state index is 0.0536. The molecule has 1 saturated carbocycles. The molecule has 2 aliphatic rings. The monoisotopic (exact) mass is 400 g/mol. The van der Waals surface area contributed by atoms with Gasteiger partial charge in [0.05, 0.1) is 0 Å². The number of carbonyl (C=O) groups is 1. The topological polar surface area (TPSA) is 74.8 Å². The molecule has 0 radical (unpaired) electrons. The average Bonchev–Trinajstić information content (AvgIpc) is 3.27. The van der Waals surface area contributed by atoms with E-state index in [4.69, 9.17) is 4.74 Å². The molecule has 1 aromatic rings. The fourth-order valence-electron chi connectivity index (χ4n) is 4.27. The van der Waals surface area contributed by atoms with Gasteiger partial charge in [-0.2, -0.15) is 0 Å². The molecule has 6 heteroatoms. The molecule has 3 N–H and O–H groups in total. The van der Waals surface area contributed by atoms with Gasteiger partial charge in [0, 0.05) is 31.9 Å². The molecule has 1 aromatic carbocycles. The van der Waals surface area contributed by atoms with Gasteiger partial charge in [0.15, 0.2) is 5.96 Å². The van der Waals surface area contributed by atoms with Crippen molar-refractivity contribution in [3.8, 4) is 0 Å². The number of anilines is 1. The Morgan fingerprint density at radius 3 is 2.66 bits per heavy atom. The number of nitrogens with zero attached hydrogens (tertiary/aromatic N) is 1. The van der Waals surface area contributed by atoms with Crippen LogP contribution in [0.2, 0.25) is 0 Å². The summed E-state index contributed by atoms with van der Waals surface area (Å²) in [6, 6.07) is 8.42. The van der Waals surface area contributed by atoms with E-state index in [1.54, 1.807) is 0 Å². The molecule has 0 aromatic heterocycles. The van der Waals surface area contributed by atoms with Crippen molar-refractivity contribution in [2.24, 2.45) is 16.8 Å². The molecule has 160 valence electrons. The van der Waals surface area contributed by atoms with Crippen LogP contribution in [-0.4, -0.2) is 37.7 Å². The summed E-state index contributed by atoms with van der Waals surface area (Å²) in [7, 11) is 1.81. The highest BCUT2D eigenvalue weighted by atomic mass is 16.5. The highest BCUT2D eigenvalue weighted by Gasteiger charge is 2.24. The van der Waals surface area contributed by atoms with Crippen LogP contribution in [0, 0.1) is 11.8 Å². The summed E-state index contributed by atoms with van der Waals surface area (Å²) >= 11 is 0. The number of hydrogen-bond donors (Lipinski definition) is 3. The molecule has 1 unspecified atom stereocenters. The lowest BCUT2D eigenvalue weighted by molar-refractivity contribution is -0.124. The van der Waals surface area contributed by atoms with E-state index in [2.05, 4.69) is 40.9 Å². The van der Waals surface area contributed by atoms with Gasteiger partial charge >= 0.3 is 0 Å². The van der Waals surface area contributed by atoms with Crippen LogP contribution < -0.4 is 16.0 Å². The lowest BCUT2D eigenvalue weighted by Crippen LogP contribution is -2.44. The SMILES string of the molecule is CN=C(NCc1cccc(NC(=O)C2CCCO2)c1)NC1CCC(C(C)C)CC1. The molecular formula is C23H36N4O2. The Kier molecular flexibility index (Phi) is 7.92. The molecule has 29 heavy (non-hydrogen) atoms. The Hall–Kier alpha value is -2.08. The van der Waals surface area contributed by atoms with Crippen LogP contribution in [0.4, 0.5) is 5.69 Å². The zero-order chi connectivity index (χ0) is 20.6. The average molecular weight is 401 g/mol. The Labute approximate surface area is 174 Å². The maximum Gasteiger partial charge on any atom is 0.253 e. The van der Waals surface area contributed by atoms with E-state index in [0.29, 0.717) is 19.2 Å². The first-order chi connectivity index (χ1) is 14.0. The van der Waals surface area contributed by atoms with Crippen LogP contribution >= 0.6 is 0 Å². The van der Waals surface area contributed by atoms with Crippen molar-refractivity contribution in [3.63, 3.8) is 0 Å². The number of amides is 1. The predicted octanol–water partition coefficient (Wildman–Crippen LogP) is 3.68. The number of aliphatic imine (C=N–C) groups is 1. The van der Waals surface area contributed by atoms with Gasteiger partial charge in [-0.15, -0.1) is 0 Å². The molecule has 1 atom stereocenters. The van der Waals surface area contributed by atoms with Gasteiger partial charge in [-0.1, -0.05) is 26.0 Å². The predicted molar refractivity (Wildman–Crippen MR) is 118 cm³/mol. The van der Waals surface area contributed by atoms with Gasteiger partial charge in [0.2, 0.25) is 0 Å². The number of carbonyl (C=O) groups excluding carboxylic acids is 1. The Bertz CT molecular complexity index is 690. The largest absolute Gasteiger partial charge is 0.368 e. The van der Waals surface area contributed by atoms with Crippen molar-refractivity contribution in [1.29, 1.82) is 0 Å². The fraction of sp³-hybridized carbons (Fsp3) is 0.652. The fourth-order valence-corrected chi connectivity index (χ4v) is 4.27. The summed E-state index contributed by atoms with van der Waals surface area (Å²) in [6.07, 6.45) is 6.42. The molecule has 1 amide bonds. The maximum absolute atomic E-state index is 12.2. The second-order valence-corrected chi connectivity index (χ2v) is 8.62. The van der Waals surface area contributed by atoms with Gasteiger partial charge in [0.25, 0.3) is 5.91 Å². The van der Waals surface area contributed by atoms with Crippen LogP contribution in [0.3, 0.4) is 0 Å². The third kappa shape index (κ3) is 6.46. The van der Waals surface area contributed by atoms with Crippen LogP contribution in [0.25, 0.3) is 0 Å². The standard InChI is InChI=1S/C23H36N4O2/c1-16(2)18-9-11-19(12-10-18)27-23(24-3)25-15-17-6-4-7-20(14-17)26-22(28)21-8-5-13-29-21/h4,6-7,14,16,18-19,21H,5,8-13,15H2,1-3H3,(H,26,28)(H2,24,25,27). The highest BCUT2D eigenvalue weighted by Crippen LogP contribution is 2.29. The molecule has 1 aliphatic heterocycles. The van der Waals surface area contributed by atoms with Crippen LogP contribution in [-0.2, 0) is 16.1 Å². The first-order valence-corrected chi connectivity index (χ1v) is 11.0. The zero-order valence-corrected chi connectivity index (χ0v) is 18.0. The van der Waals surface area contributed by atoms with Gasteiger partial charge in [-0.05, 0) is 68.1 Å². The van der Waals surface area contributed by atoms with E-state index in [-0.39, 0.29) is 12.0 Å². The van der Waals surface area contributed by atoms with E-state index in [9.17, 15) is 4.79 Å². The summed E-state index contributed by atoms with van der Waals surface area (Å²) in [5.74, 6) is 2.42. The van der Waals surface area contributed by atoms with Crippen molar-refractivity contribution in [1.82, 2.24) is 10.6 Å². The summed E-state index contributed by atoms with van der Waals surface area (Å²) in [6.45, 7) is 5.99. The van der Waals surface area contributed by atoms with Crippen LogP contribution in [0.15, 0.2) is 29.3 Å². The van der Waals surface area contributed by atoms with Gasteiger partial charge in [0.1, 0.15) is 6.10 Å². The van der Waals surface area contributed by atoms with E-state index in [0.717, 1.165) is 41.9 Å². The maximum atomic E-state index is 12.2. The van der Waals surface area contributed by atoms with Crippen molar-refractivity contribution in [2.75, 3.05) is 19.0 Å². The quantitative estimate of drug-likeness (QED) is 0.503. The molecule has 3 rings (SSSR count). The van der Waals surface area contributed by atoms with Crippen LogP contribution in [0.1, 0.15) is 57.9 Å². The summed E-state index contributed by atoms with van der Waals surface area (Å²) in [5, 5.41) is 9.94. The van der Waals surface area contributed by atoms with E-state index >= 15 is 0 Å². The van der Waals surface area contributed by atoms with Crippen molar-refractivity contribution < 1.29 is 9.53 Å². The van der Waals surface area contributed by atoms with Crippen molar-refractivity contribution >= 4 is 17.6 Å². The zero-order valence-electron chi connectivity index (χ0n) is 18.0. The van der Waals surface area contributed by atoms with E-state index in [1.165, 1.54) is 25.7 Å². The number of hydrogen-bond acceptors (Lipinski definition) is 3. The number of benzene rings is 1. The molecular weight excluding hydrogens is 364 g/mol. The van der Waals surface area contributed by atoms with Crippen molar-refractivity contribution in [3.05, 3.63) is 29.8 Å². The molecule has 1 heterocycles. The molecule has 6 nitrogen and oxygen atoms in total. The number of rotatable bonds is 6. The molecule has 1 saturated heterocycles. The lowest BCUT2D eigenvalue weighted by atomic mass is 9.80. The smallest absolute Gasteiger partial charge is 0.253 e. The normalized spacial score (nSPS) is 25.1. The minimum Gasteiger partial charge on any atom is -0.368 e. The molecule has 2 fully saturated rings. The van der Waals surface area contributed by atoms with E-state index < -0.39 is 0 Å². The van der Waals surface area contributed by atoms with E-state index in [1.807, 2.05) is 25.2 Å². The minimum atomic E-state index is -0.314. The summed E-state index contributed by atoms with van der Waals surface area (Å²) < 4.78 is 5.45. The van der Waals surface area contributed by atoms with Gasteiger partial charge in [-0.3, -0.25) is 9.79 Å². The second-order valence-electron chi connectivity index (χ2n) is 8.62. The summed E-state index contributed by atoms with van der Waals surface area (Å²) in [4.78, 5) is 16.6. The first kappa shape index (κ1) is 21.6. The first-order valence-electron chi connectivity index (χ1n) is 11.0. The molecule has 0 bridgehead atoms. The number of guanidine groups is 1. The Morgan fingerprint density at radius 1 is 1.21 bits per heavy atom. The molecule has 1 aliphatic carbocycles. The number of ether oxygens (including phenoxy) is 1. The summed E-state index contributed by atoms with van der Waals surface area (Å²) in [5.41, 5.74) is 1.90. The molecule has 0 spiro atoms. The Morgan fingerprint density at radius 2 is 2.00 bits per heavy atom. The number of nitrogens with one attached hydrogen (secondary N) is 3. The second kappa shape index (κ2) is 10.6. The lowest BCUT2D eigenvalue weighted by Gasteiger charge is -2.32. The third-order valence-electron chi connectivity index (χ3n) is 6.16. The Balaban J connectivity index is 1.46. The van der Waals surface area contributed by atoms with Crippen molar-refractivity contribution in [2.45, 2.75) is 71.1 Å².